The minimum Gasteiger partial charge on any atom is -0.347 e. The quantitative estimate of drug-likeness (QED) is 0.794. The highest BCUT2D eigenvalue weighted by Gasteiger charge is 2.19. The zero-order valence-corrected chi connectivity index (χ0v) is 13.9. The van der Waals surface area contributed by atoms with Gasteiger partial charge in [0.2, 0.25) is 11.8 Å². The van der Waals surface area contributed by atoms with Gasteiger partial charge in [0.25, 0.3) is 0 Å². The van der Waals surface area contributed by atoms with Crippen molar-refractivity contribution in [3.05, 3.63) is 29.1 Å². The molecule has 1 aliphatic heterocycles. The molecule has 6 heteroatoms. The molecule has 0 spiro atoms. The van der Waals surface area contributed by atoms with E-state index in [0.29, 0.717) is 24.9 Å². The molecule has 0 radical (unpaired) electrons. The first-order valence-electron chi connectivity index (χ1n) is 7.84. The van der Waals surface area contributed by atoms with Crippen LogP contribution in [0.2, 0.25) is 0 Å². The Labute approximate surface area is 136 Å². The molecule has 23 heavy (non-hydrogen) atoms. The molecule has 5 nitrogen and oxygen atoms in total. The minimum absolute atomic E-state index is 0.140. The van der Waals surface area contributed by atoms with Gasteiger partial charge in [0.1, 0.15) is 5.82 Å². The Hall–Kier alpha value is -1.95. The molecule has 126 valence electrons. The lowest BCUT2D eigenvalue weighted by molar-refractivity contribution is -0.125. The summed E-state index contributed by atoms with van der Waals surface area (Å²) in [6, 6.07) is 3.38. The second-order valence-corrected chi connectivity index (χ2v) is 7.05. The van der Waals surface area contributed by atoms with Crippen molar-refractivity contribution >= 4 is 17.5 Å². The van der Waals surface area contributed by atoms with Crippen molar-refractivity contribution in [3.63, 3.8) is 0 Å². The monoisotopic (exact) mass is 321 g/mol. The summed E-state index contributed by atoms with van der Waals surface area (Å²) >= 11 is 0. The Morgan fingerprint density at radius 3 is 2.70 bits per heavy atom. The topological polar surface area (TPSA) is 70.2 Å². The standard InChI is InChI=1S/C17H24FN3O2/c1-17(2,3)8-14(22)20-10-15(23)21-13-5-4-11-9-19-7-6-12(11)16(13)18/h4-5,19H,6-10H2,1-3H3,(H,20,22)(H,21,23). The fourth-order valence-corrected chi connectivity index (χ4v) is 2.55. The molecule has 0 fully saturated rings. The summed E-state index contributed by atoms with van der Waals surface area (Å²) in [6.45, 7) is 7.05. The van der Waals surface area contributed by atoms with E-state index < -0.39 is 5.91 Å². The molecule has 2 amide bonds. The summed E-state index contributed by atoms with van der Waals surface area (Å²) in [7, 11) is 0. The van der Waals surface area contributed by atoms with E-state index >= 15 is 0 Å². The molecular weight excluding hydrogens is 297 g/mol. The number of benzene rings is 1. The second-order valence-electron chi connectivity index (χ2n) is 7.05. The lowest BCUT2D eigenvalue weighted by atomic mass is 9.92. The SMILES string of the molecule is CC(C)(C)CC(=O)NCC(=O)Nc1ccc2c(c1F)CCNC2. The number of rotatable bonds is 4. The first-order valence-corrected chi connectivity index (χ1v) is 7.84. The number of hydrogen-bond donors (Lipinski definition) is 3. The third-order valence-electron chi connectivity index (χ3n) is 3.62. The third kappa shape index (κ3) is 5.03. The van der Waals surface area contributed by atoms with Gasteiger partial charge in [-0.25, -0.2) is 4.39 Å². The number of amides is 2. The van der Waals surface area contributed by atoms with Crippen LogP contribution in [-0.4, -0.2) is 24.9 Å². The van der Waals surface area contributed by atoms with E-state index in [9.17, 15) is 14.0 Å². The van der Waals surface area contributed by atoms with Gasteiger partial charge in [0.05, 0.1) is 12.2 Å². The highest BCUT2D eigenvalue weighted by molar-refractivity contribution is 5.94. The number of nitrogens with one attached hydrogen (secondary N) is 3. The van der Waals surface area contributed by atoms with Crippen molar-refractivity contribution in [2.75, 3.05) is 18.4 Å². The van der Waals surface area contributed by atoms with Crippen LogP contribution in [0.4, 0.5) is 10.1 Å². The number of halogens is 1. The van der Waals surface area contributed by atoms with Crippen LogP contribution in [-0.2, 0) is 22.6 Å². The maximum atomic E-state index is 14.4. The Morgan fingerprint density at radius 1 is 1.26 bits per heavy atom. The zero-order valence-electron chi connectivity index (χ0n) is 13.9. The average Bonchev–Trinajstić information content (AvgIpc) is 2.47. The van der Waals surface area contributed by atoms with E-state index in [0.717, 1.165) is 12.1 Å². The van der Waals surface area contributed by atoms with Crippen molar-refractivity contribution in [2.45, 2.75) is 40.2 Å². The molecule has 3 N–H and O–H groups in total. The van der Waals surface area contributed by atoms with Gasteiger partial charge in [-0.05, 0) is 35.6 Å². The molecule has 1 aliphatic rings. The molecule has 1 aromatic carbocycles. The van der Waals surface area contributed by atoms with Crippen LogP contribution < -0.4 is 16.0 Å². The van der Waals surface area contributed by atoms with Gasteiger partial charge in [-0.1, -0.05) is 26.8 Å². The van der Waals surface area contributed by atoms with E-state index in [1.807, 2.05) is 26.8 Å². The lowest BCUT2D eigenvalue weighted by Gasteiger charge is -2.19. The first kappa shape index (κ1) is 17.4. The third-order valence-corrected chi connectivity index (χ3v) is 3.62. The van der Waals surface area contributed by atoms with Crippen LogP contribution in [0.5, 0.6) is 0 Å². The van der Waals surface area contributed by atoms with E-state index in [2.05, 4.69) is 16.0 Å². The van der Waals surface area contributed by atoms with Crippen LogP contribution in [0.1, 0.15) is 38.3 Å². The van der Waals surface area contributed by atoms with Crippen molar-refractivity contribution in [2.24, 2.45) is 5.41 Å². The normalized spacial score (nSPS) is 14.1. The lowest BCUT2D eigenvalue weighted by Crippen LogP contribution is -2.35. The number of hydrogen-bond acceptors (Lipinski definition) is 3. The number of fused-ring (bicyclic) bond motifs is 1. The molecular formula is C17H24FN3O2. The fraction of sp³-hybridized carbons (Fsp3) is 0.529. The molecule has 0 aliphatic carbocycles. The van der Waals surface area contributed by atoms with Crippen LogP contribution in [0, 0.1) is 11.2 Å². The highest BCUT2D eigenvalue weighted by Crippen LogP contribution is 2.24. The summed E-state index contributed by atoms with van der Waals surface area (Å²) in [5, 5.41) is 8.27. The molecule has 0 saturated carbocycles. The van der Waals surface area contributed by atoms with Crippen molar-refractivity contribution < 1.29 is 14.0 Å². The smallest absolute Gasteiger partial charge is 0.243 e. The van der Waals surface area contributed by atoms with Crippen LogP contribution in [0.25, 0.3) is 0 Å². The van der Waals surface area contributed by atoms with E-state index in [4.69, 9.17) is 0 Å². The van der Waals surface area contributed by atoms with Crippen LogP contribution >= 0.6 is 0 Å². The largest absolute Gasteiger partial charge is 0.347 e. The van der Waals surface area contributed by atoms with Gasteiger partial charge in [-0.2, -0.15) is 0 Å². The number of carbonyl (C=O) groups excluding carboxylic acids is 2. The van der Waals surface area contributed by atoms with Gasteiger partial charge in [-0.3, -0.25) is 9.59 Å². The van der Waals surface area contributed by atoms with Gasteiger partial charge < -0.3 is 16.0 Å². The number of carbonyl (C=O) groups is 2. The predicted octanol–water partition coefficient (Wildman–Crippen LogP) is 1.96. The second kappa shape index (κ2) is 7.08. The van der Waals surface area contributed by atoms with Gasteiger partial charge in [0, 0.05) is 13.0 Å². The van der Waals surface area contributed by atoms with Crippen LogP contribution in [0.3, 0.4) is 0 Å². The number of anilines is 1. The van der Waals surface area contributed by atoms with Gasteiger partial charge in [0.15, 0.2) is 0 Å². The van der Waals surface area contributed by atoms with Crippen molar-refractivity contribution in [3.8, 4) is 0 Å². The average molecular weight is 321 g/mol. The maximum absolute atomic E-state index is 14.4. The zero-order chi connectivity index (χ0) is 17.0. The first-order chi connectivity index (χ1) is 10.8. The molecule has 0 atom stereocenters. The molecule has 0 saturated heterocycles. The molecule has 0 unspecified atom stereocenters. The maximum Gasteiger partial charge on any atom is 0.243 e. The molecule has 1 aromatic rings. The molecule has 1 heterocycles. The molecule has 2 rings (SSSR count). The van der Waals surface area contributed by atoms with E-state index in [1.54, 1.807) is 6.07 Å². The summed E-state index contributed by atoms with van der Waals surface area (Å²) in [5.41, 5.74) is 1.60. The van der Waals surface area contributed by atoms with Gasteiger partial charge in [-0.15, -0.1) is 0 Å². The minimum atomic E-state index is -0.431. The Balaban J connectivity index is 1.92. The predicted molar refractivity (Wildman–Crippen MR) is 87.5 cm³/mol. The van der Waals surface area contributed by atoms with E-state index in [1.165, 1.54) is 0 Å². The Kier molecular flexibility index (Phi) is 5.36. The van der Waals surface area contributed by atoms with Crippen molar-refractivity contribution in [1.29, 1.82) is 0 Å². The summed E-state index contributed by atoms with van der Waals surface area (Å²) in [6.07, 6.45) is 0.938. The van der Waals surface area contributed by atoms with Crippen molar-refractivity contribution in [1.82, 2.24) is 10.6 Å². The fourth-order valence-electron chi connectivity index (χ4n) is 2.55. The summed E-state index contributed by atoms with van der Waals surface area (Å²) < 4.78 is 14.4. The van der Waals surface area contributed by atoms with Gasteiger partial charge >= 0.3 is 0 Å². The highest BCUT2D eigenvalue weighted by atomic mass is 19.1. The summed E-state index contributed by atoms with van der Waals surface area (Å²) in [5.74, 6) is -0.997. The molecule has 0 aromatic heterocycles. The van der Waals surface area contributed by atoms with Crippen LogP contribution in [0.15, 0.2) is 12.1 Å². The Bertz CT molecular complexity index is 609. The molecule has 0 bridgehead atoms. The van der Waals surface area contributed by atoms with E-state index in [-0.39, 0.29) is 29.4 Å². The summed E-state index contributed by atoms with van der Waals surface area (Å²) in [4.78, 5) is 23.6. The Morgan fingerprint density at radius 2 is 2.00 bits per heavy atom.